The van der Waals surface area contributed by atoms with Crippen molar-refractivity contribution < 1.29 is 18.3 Å². The van der Waals surface area contributed by atoms with E-state index in [0.29, 0.717) is 24.6 Å². The second kappa shape index (κ2) is 8.13. The van der Waals surface area contributed by atoms with E-state index in [-0.39, 0.29) is 6.10 Å². The number of benzene rings is 1. The number of β-amino-alcohol motifs (C(OH)–C–C–N with tert-alkyl or cyclic N) is 1. The first kappa shape index (κ1) is 18.2. The molecule has 1 aliphatic rings. The van der Waals surface area contributed by atoms with Gasteiger partial charge in [-0.1, -0.05) is 18.2 Å². The molecule has 1 aromatic carbocycles. The number of hydrogen-bond acceptors (Lipinski definition) is 3. The predicted molar refractivity (Wildman–Crippen MR) is 84.0 cm³/mol. The average Bonchev–Trinajstić information content (AvgIpc) is 2.48. The predicted octanol–water partition coefficient (Wildman–Crippen LogP) is 2.89. The summed E-state index contributed by atoms with van der Waals surface area (Å²) >= 11 is 0. The minimum absolute atomic E-state index is 0.300. The lowest BCUT2D eigenvalue weighted by Gasteiger charge is -2.32. The SMILES string of the molecule is C[C@H](O)CN1CCC(CNCc2cccc(C(F)(F)F)c2)CC1. The van der Waals surface area contributed by atoms with Crippen molar-refractivity contribution in [2.24, 2.45) is 5.92 Å². The van der Waals surface area contributed by atoms with Crippen LogP contribution in [0.4, 0.5) is 13.2 Å². The number of piperidine rings is 1. The smallest absolute Gasteiger partial charge is 0.392 e. The number of likely N-dealkylation sites (tertiary alicyclic amines) is 1. The summed E-state index contributed by atoms with van der Waals surface area (Å²) in [6.07, 6.45) is -2.47. The third kappa shape index (κ3) is 6.12. The van der Waals surface area contributed by atoms with Crippen LogP contribution in [-0.2, 0) is 12.7 Å². The number of hydrogen-bond donors (Lipinski definition) is 2. The van der Waals surface area contributed by atoms with E-state index in [4.69, 9.17) is 0 Å². The largest absolute Gasteiger partial charge is 0.416 e. The highest BCUT2D eigenvalue weighted by Crippen LogP contribution is 2.29. The maximum Gasteiger partial charge on any atom is 0.416 e. The minimum atomic E-state index is -4.29. The lowest BCUT2D eigenvalue weighted by Crippen LogP contribution is -2.40. The van der Waals surface area contributed by atoms with Gasteiger partial charge in [0.1, 0.15) is 0 Å². The van der Waals surface area contributed by atoms with Gasteiger partial charge in [0.2, 0.25) is 0 Å². The maximum atomic E-state index is 12.7. The van der Waals surface area contributed by atoms with Crippen molar-refractivity contribution >= 4 is 0 Å². The highest BCUT2D eigenvalue weighted by atomic mass is 19.4. The minimum Gasteiger partial charge on any atom is -0.392 e. The van der Waals surface area contributed by atoms with Crippen molar-refractivity contribution in [3.63, 3.8) is 0 Å². The number of nitrogens with zero attached hydrogens (tertiary/aromatic N) is 1. The quantitative estimate of drug-likeness (QED) is 0.842. The van der Waals surface area contributed by atoms with Gasteiger partial charge in [0.25, 0.3) is 0 Å². The average molecular weight is 330 g/mol. The van der Waals surface area contributed by atoms with E-state index in [1.807, 2.05) is 0 Å². The summed E-state index contributed by atoms with van der Waals surface area (Å²) in [6.45, 7) is 5.73. The van der Waals surface area contributed by atoms with E-state index < -0.39 is 11.7 Å². The van der Waals surface area contributed by atoms with Gasteiger partial charge in [-0.2, -0.15) is 13.2 Å². The first-order chi connectivity index (χ1) is 10.8. The zero-order valence-corrected chi connectivity index (χ0v) is 13.4. The van der Waals surface area contributed by atoms with Gasteiger partial charge in [0, 0.05) is 13.1 Å². The molecule has 1 saturated heterocycles. The Morgan fingerprint density at radius 3 is 2.61 bits per heavy atom. The van der Waals surface area contributed by atoms with Crippen LogP contribution in [0.25, 0.3) is 0 Å². The Kier molecular flexibility index (Phi) is 6.44. The Morgan fingerprint density at radius 2 is 2.00 bits per heavy atom. The molecule has 0 aromatic heterocycles. The molecule has 0 aliphatic carbocycles. The standard InChI is InChI=1S/C17H25F3N2O/c1-13(23)12-22-7-5-14(6-8-22)10-21-11-15-3-2-4-16(9-15)17(18,19)20/h2-4,9,13-14,21,23H,5-8,10-12H2,1H3/t13-/m0/s1. The molecule has 0 radical (unpaired) electrons. The third-order valence-corrected chi connectivity index (χ3v) is 4.25. The van der Waals surface area contributed by atoms with E-state index in [9.17, 15) is 18.3 Å². The van der Waals surface area contributed by atoms with Gasteiger partial charge in [0.05, 0.1) is 11.7 Å². The van der Waals surface area contributed by atoms with Gasteiger partial charge in [-0.3, -0.25) is 0 Å². The molecular weight excluding hydrogens is 305 g/mol. The van der Waals surface area contributed by atoms with Crippen LogP contribution in [0.15, 0.2) is 24.3 Å². The second-order valence-corrected chi connectivity index (χ2v) is 6.42. The molecule has 23 heavy (non-hydrogen) atoms. The fraction of sp³-hybridized carbons (Fsp3) is 0.647. The second-order valence-electron chi connectivity index (χ2n) is 6.42. The lowest BCUT2D eigenvalue weighted by molar-refractivity contribution is -0.137. The molecule has 0 unspecified atom stereocenters. The molecule has 0 spiro atoms. The maximum absolute atomic E-state index is 12.7. The number of nitrogens with one attached hydrogen (secondary N) is 1. The molecule has 130 valence electrons. The normalized spacial score (nSPS) is 19.0. The highest BCUT2D eigenvalue weighted by Gasteiger charge is 2.30. The van der Waals surface area contributed by atoms with Crippen molar-refractivity contribution in [3.8, 4) is 0 Å². The number of aliphatic hydroxyl groups excluding tert-OH is 1. The summed E-state index contributed by atoms with van der Waals surface area (Å²) in [5, 5.41) is 12.7. The topological polar surface area (TPSA) is 35.5 Å². The van der Waals surface area contributed by atoms with Crippen molar-refractivity contribution in [3.05, 3.63) is 35.4 Å². The van der Waals surface area contributed by atoms with E-state index in [1.54, 1.807) is 13.0 Å². The first-order valence-electron chi connectivity index (χ1n) is 8.12. The molecule has 1 fully saturated rings. The van der Waals surface area contributed by atoms with E-state index in [2.05, 4.69) is 10.2 Å². The number of alkyl halides is 3. The van der Waals surface area contributed by atoms with Gasteiger partial charge in [-0.25, -0.2) is 0 Å². The summed E-state index contributed by atoms with van der Waals surface area (Å²) in [5.41, 5.74) is 0.0644. The molecule has 0 saturated carbocycles. The van der Waals surface area contributed by atoms with Gasteiger partial charge >= 0.3 is 6.18 Å². The molecule has 1 aliphatic heterocycles. The zero-order chi connectivity index (χ0) is 16.9. The molecule has 1 atom stereocenters. The van der Waals surface area contributed by atoms with Crippen LogP contribution in [0.5, 0.6) is 0 Å². The van der Waals surface area contributed by atoms with Gasteiger partial charge < -0.3 is 15.3 Å². The van der Waals surface area contributed by atoms with Crippen LogP contribution in [0, 0.1) is 5.92 Å². The molecule has 1 aromatic rings. The molecule has 3 nitrogen and oxygen atoms in total. The number of rotatable bonds is 6. The van der Waals surface area contributed by atoms with E-state index in [0.717, 1.165) is 38.5 Å². The van der Waals surface area contributed by atoms with Crippen LogP contribution in [0.3, 0.4) is 0 Å². The fourth-order valence-corrected chi connectivity index (χ4v) is 3.03. The van der Waals surface area contributed by atoms with E-state index >= 15 is 0 Å². The van der Waals surface area contributed by atoms with Crippen LogP contribution < -0.4 is 5.32 Å². The van der Waals surface area contributed by atoms with Gasteiger partial charge in [0.15, 0.2) is 0 Å². The molecule has 0 amide bonds. The Labute approximate surface area is 135 Å². The summed E-state index contributed by atoms with van der Waals surface area (Å²) < 4.78 is 38.0. The van der Waals surface area contributed by atoms with Gasteiger partial charge in [-0.15, -0.1) is 0 Å². The van der Waals surface area contributed by atoms with Gasteiger partial charge in [-0.05, 0) is 56.9 Å². The molecule has 2 rings (SSSR count). The highest BCUT2D eigenvalue weighted by molar-refractivity contribution is 5.25. The van der Waals surface area contributed by atoms with Crippen molar-refractivity contribution in [1.82, 2.24) is 10.2 Å². The third-order valence-electron chi connectivity index (χ3n) is 4.25. The van der Waals surface area contributed by atoms with Crippen LogP contribution >= 0.6 is 0 Å². The summed E-state index contributed by atoms with van der Waals surface area (Å²) in [5.74, 6) is 0.547. The molecule has 6 heteroatoms. The number of aliphatic hydroxyl groups is 1. The van der Waals surface area contributed by atoms with Crippen molar-refractivity contribution in [2.45, 2.75) is 38.6 Å². The van der Waals surface area contributed by atoms with E-state index in [1.165, 1.54) is 12.1 Å². The fourth-order valence-electron chi connectivity index (χ4n) is 3.03. The lowest BCUT2D eigenvalue weighted by atomic mass is 9.96. The summed E-state index contributed by atoms with van der Waals surface area (Å²) in [7, 11) is 0. The monoisotopic (exact) mass is 330 g/mol. The molecule has 1 heterocycles. The van der Waals surface area contributed by atoms with Crippen LogP contribution in [0.2, 0.25) is 0 Å². The first-order valence-corrected chi connectivity index (χ1v) is 8.12. The molecule has 2 N–H and O–H groups in total. The van der Waals surface area contributed by atoms with Crippen molar-refractivity contribution in [2.75, 3.05) is 26.2 Å². The Balaban J connectivity index is 1.72. The summed E-state index contributed by atoms with van der Waals surface area (Å²) in [4.78, 5) is 2.26. The van der Waals surface area contributed by atoms with Crippen LogP contribution in [-0.4, -0.2) is 42.3 Å². The Morgan fingerprint density at radius 1 is 1.30 bits per heavy atom. The molecule has 0 bridgehead atoms. The zero-order valence-electron chi connectivity index (χ0n) is 13.4. The molecular formula is C17H25F3N2O. The van der Waals surface area contributed by atoms with Crippen molar-refractivity contribution in [1.29, 1.82) is 0 Å². The van der Waals surface area contributed by atoms with Crippen LogP contribution in [0.1, 0.15) is 30.9 Å². The Bertz CT molecular complexity index is 483. The Hall–Kier alpha value is -1.11. The number of halogens is 3. The summed E-state index contributed by atoms with van der Waals surface area (Å²) in [6, 6.07) is 5.47.